The maximum atomic E-state index is 9.68. The Kier molecular flexibility index (Phi) is 3.49. The van der Waals surface area contributed by atoms with E-state index in [1.54, 1.807) is 12.1 Å². The first-order valence-electron chi connectivity index (χ1n) is 5.29. The van der Waals surface area contributed by atoms with Crippen molar-refractivity contribution >= 4 is 5.69 Å². The maximum Gasteiger partial charge on any atom is 0.156 e. The van der Waals surface area contributed by atoms with Gasteiger partial charge in [-0.05, 0) is 12.1 Å². The van der Waals surface area contributed by atoms with Gasteiger partial charge >= 0.3 is 0 Å². The fourth-order valence-electron chi connectivity index (χ4n) is 1.69. The molecule has 0 radical (unpaired) electrons. The topological polar surface area (TPSA) is 102 Å². The highest BCUT2D eigenvalue weighted by molar-refractivity contribution is 5.48. The van der Waals surface area contributed by atoms with Gasteiger partial charge in [0.05, 0.1) is 6.61 Å². The van der Waals surface area contributed by atoms with E-state index in [1.165, 1.54) is 12.1 Å². The van der Waals surface area contributed by atoms with E-state index in [-0.39, 0.29) is 12.4 Å². The molecular formula is C11H15NO5. The summed E-state index contributed by atoms with van der Waals surface area (Å²) in [5.74, 6) is 0.0842. The molecule has 1 aromatic rings. The Morgan fingerprint density at radius 3 is 2.65 bits per heavy atom. The van der Waals surface area contributed by atoms with Crippen molar-refractivity contribution in [2.24, 2.45) is 0 Å². The van der Waals surface area contributed by atoms with Gasteiger partial charge in [0, 0.05) is 11.8 Å². The molecule has 1 heterocycles. The van der Waals surface area contributed by atoms with Gasteiger partial charge in [-0.2, -0.15) is 0 Å². The van der Waals surface area contributed by atoms with Gasteiger partial charge < -0.3 is 30.5 Å². The van der Waals surface area contributed by atoms with Crippen molar-refractivity contribution in [1.29, 1.82) is 0 Å². The van der Waals surface area contributed by atoms with E-state index in [9.17, 15) is 20.4 Å². The van der Waals surface area contributed by atoms with E-state index < -0.39 is 24.5 Å². The zero-order valence-corrected chi connectivity index (χ0v) is 9.02. The molecular weight excluding hydrogens is 226 g/mol. The highest BCUT2D eigenvalue weighted by Crippen LogP contribution is 2.21. The van der Waals surface area contributed by atoms with Gasteiger partial charge in [-0.1, -0.05) is 6.07 Å². The zero-order valence-electron chi connectivity index (χ0n) is 9.02. The number of nitrogens with one attached hydrogen (secondary N) is 1. The first-order valence-corrected chi connectivity index (χ1v) is 5.29. The SMILES string of the molecule is Oc1cccc(N[C@H]2OC[C@@H](O)[C@@H](O)[C@@H]2O)c1. The summed E-state index contributed by atoms with van der Waals surface area (Å²) in [6, 6.07) is 6.31. The molecule has 4 atom stereocenters. The van der Waals surface area contributed by atoms with Crippen LogP contribution in [0.4, 0.5) is 5.69 Å². The van der Waals surface area contributed by atoms with Crippen LogP contribution in [0.3, 0.4) is 0 Å². The monoisotopic (exact) mass is 241 g/mol. The minimum absolute atomic E-state index is 0.0608. The molecule has 6 nitrogen and oxygen atoms in total. The van der Waals surface area contributed by atoms with Gasteiger partial charge in [-0.15, -0.1) is 0 Å². The molecule has 0 aromatic heterocycles. The number of aliphatic hydroxyl groups excluding tert-OH is 3. The molecule has 0 spiro atoms. The number of hydrogen-bond donors (Lipinski definition) is 5. The average molecular weight is 241 g/mol. The van der Waals surface area contributed by atoms with Gasteiger partial charge in [-0.25, -0.2) is 0 Å². The fourth-order valence-corrected chi connectivity index (χ4v) is 1.69. The van der Waals surface area contributed by atoms with Crippen LogP contribution in [-0.4, -0.2) is 51.6 Å². The molecule has 1 saturated heterocycles. The Morgan fingerprint density at radius 2 is 1.94 bits per heavy atom. The van der Waals surface area contributed by atoms with Crippen molar-refractivity contribution in [2.45, 2.75) is 24.5 Å². The van der Waals surface area contributed by atoms with Crippen LogP contribution in [0.15, 0.2) is 24.3 Å². The molecule has 1 fully saturated rings. The lowest BCUT2D eigenvalue weighted by Crippen LogP contribution is -2.55. The van der Waals surface area contributed by atoms with Crippen molar-refractivity contribution in [2.75, 3.05) is 11.9 Å². The average Bonchev–Trinajstić information content (AvgIpc) is 2.30. The zero-order chi connectivity index (χ0) is 12.4. The number of aromatic hydroxyl groups is 1. The largest absolute Gasteiger partial charge is 0.508 e. The standard InChI is InChI=1S/C11H15NO5/c13-7-3-1-2-6(4-7)12-11-10(16)9(15)8(14)5-17-11/h1-4,8-16H,5H2/t8-,9-,10+,11+/m1/s1. The molecule has 17 heavy (non-hydrogen) atoms. The summed E-state index contributed by atoms with van der Waals surface area (Å²) in [6.07, 6.45) is -4.40. The summed E-state index contributed by atoms with van der Waals surface area (Å²) in [7, 11) is 0. The Hall–Kier alpha value is -1.34. The highest BCUT2D eigenvalue weighted by atomic mass is 16.5. The number of hydrogen-bond acceptors (Lipinski definition) is 6. The highest BCUT2D eigenvalue weighted by Gasteiger charge is 2.37. The molecule has 0 aliphatic carbocycles. The number of aliphatic hydroxyl groups is 3. The van der Waals surface area contributed by atoms with Crippen LogP contribution in [-0.2, 0) is 4.74 Å². The summed E-state index contributed by atoms with van der Waals surface area (Å²) >= 11 is 0. The van der Waals surface area contributed by atoms with E-state index >= 15 is 0 Å². The molecule has 0 bridgehead atoms. The third-order valence-corrected chi connectivity index (χ3v) is 2.66. The Bertz CT molecular complexity index is 386. The van der Waals surface area contributed by atoms with Crippen LogP contribution in [0.1, 0.15) is 0 Å². The minimum atomic E-state index is -1.25. The number of benzene rings is 1. The van der Waals surface area contributed by atoms with Crippen molar-refractivity contribution in [3.63, 3.8) is 0 Å². The van der Waals surface area contributed by atoms with Crippen molar-refractivity contribution in [1.82, 2.24) is 0 Å². The van der Waals surface area contributed by atoms with Crippen LogP contribution < -0.4 is 5.32 Å². The second-order valence-corrected chi connectivity index (χ2v) is 4.00. The number of phenolic OH excluding ortho intramolecular Hbond substituents is 1. The van der Waals surface area contributed by atoms with E-state index in [0.717, 1.165) is 0 Å². The lowest BCUT2D eigenvalue weighted by Gasteiger charge is -2.35. The van der Waals surface area contributed by atoms with Crippen LogP contribution in [0.2, 0.25) is 0 Å². The number of ether oxygens (including phenoxy) is 1. The molecule has 1 aliphatic rings. The summed E-state index contributed by atoms with van der Waals surface area (Å²) in [5, 5.41) is 40.5. The normalized spacial score (nSPS) is 33.4. The lowest BCUT2D eigenvalue weighted by atomic mass is 10.0. The first-order chi connectivity index (χ1) is 8.08. The van der Waals surface area contributed by atoms with Crippen LogP contribution in [0, 0.1) is 0 Å². The molecule has 0 saturated carbocycles. The predicted octanol–water partition coefficient (Wildman–Crippen LogP) is -0.757. The molecule has 94 valence electrons. The van der Waals surface area contributed by atoms with E-state index in [0.29, 0.717) is 5.69 Å². The number of rotatable bonds is 2. The molecule has 6 heteroatoms. The Labute approximate surface area is 98.1 Å². The fraction of sp³-hybridized carbons (Fsp3) is 0.455. The molecule has 0 amide bonds. The van der Waals surface area contributed by atoms with E-state index in [4.69, 9.17) is 4.74 Å². The molecule has 1 aromatic carbocycles. The van der Waals surface area contributed by atoms with Gasteiger partial charge in [0.15, 0.2) is 6.23 Å². The van der Waals surface area contributed by atoms with Crippen molar-refractivity contribution < 1.29 is 25.2 Å². The third-order valence-electron chi connectivity index (χ3n) is 2.66. The summed E-state index contributed by atoms with van der Waals surface area (Å²) in [6.45, 7) is -0.0608. The summed E-state index contributed by atoms with van der Waals surface area (Å²) in [5.41, 5.74) is 0.553. The Balaban J connectivity index is 2.04. The maximum absolute atomic E-state index is 9.68. The molecule has 1 aliphatic heterocycles. The minimum Gasteiger partial charge on any atom is -0.508 e. The first kappa shape index (κ1) is 12.1. The molecule has 0 unspecified atom stereocenters. The second kappa shape index (κ2) is 4.89. The van der Waals surface area contributed by atoms with Gasteiger partial charge in [0.25, 0.3) is 0 Å². The van der Waals surface area contributed by atoms with E-state index in [2.05, 4.69) is 5.32 Å². The van der Waals surface area contributed by atoms with Crippen LogP contribution >= 0.6 is 0 Å². The Morgan fingerprint density at radius 1 is 1.18 bits per heavy atom. The predicted molar refractivity (Wildman–Crippen MR) is 59.5 cm³/mol. The van der Waals surface area contributed by atoms with Crippen LogP contribution in [0.25, 0.3) is 0 Å². The number of anilines is 1. The van der Waals surface area contributed by atoms with Gasteiger partial charge in [0.2, 0.25) is 0 Å². The summed E-state index contributed by atoms with van der Waals surface area (Å²) in [4.78, 5) is 0. The quantitative estimate of drug-likeness (QED) is 0.466. The second-order valence-electron chi connectivity index (χ2n) is 4.00. The van der Waals surface area contributed by atoms with Crippen LogP contribution in [0.5, 0.6) is 5.75 Å². The summed E-state index contributed by atoms with van der Waals surface area (Å²) < 4.78 is 5.16. The van der Waals surface area contributed by atoms with Gasteiger partial charge in [0.1, 0.15) is 24.1 Å². The number of phenols is 1. The van der Waals surface area contributed by atoms with Crippen molar-refractivity contribution in [3.8, 4) is 5.75 Å². The van der Waals surface area contributed by atoms with Gasteiger partial charge in [-0.3, -0.25) is 0 Å². The molecule has 5 N–H and O–H groups in total. The molecule has 2 rings (SSSR count). The third kappa shape index (κ3) is 2.67. The lowest BCUT2D eigenvalue weighted by molar-refractivity contribution is -0.178. The smallest absolute Gasteiger partial charge is 0.156 e. The van der Waals surface area contributed by atoms with E-state index in [1.807, 2.05) is 0 Å². The van der Waals surface area contributed by atoms with Crippen molar-refractivity contribution in [3.05, 3.63) is 24.3 Å².